The highest BCUT2D eigenvalue weighted by atomic mass is 35.5. The van der Waals surface area contributed by atoms with Crippen LogP contribution in [0.5, 0.6) is 0 Å². The summed E-state index contributed by atoms with van der Waals surface area (Å²) in [6.07, 6.45) is 3.26. The van der Waals surface area contributed by atoms with Gasteiger partial charge in [-0.15, -0.1) is 16.4 Å². The summed E-state index contributed by atoms with van der Waals surface area (Å²) in [5, 5.41) is 9.81. The minimum atomic E-state index is -0.277. The summed E-state index contributed by atoms with van der Waals surface area (Å²) in [6.45, 7) is 6.52. The van der Waals surface area contributed by atoms with Crippen LogP contribution in [-0.2, 0) is 10.2 Å². The number of hydrogen-bond acceptors (Lipinski definition) is 4. The summed E-state index contributed by atoms with van der Waals surface area (Å²) in [7, 11) is 0. The average Bonchev–Trinajstić information content (AvgIpc) is 3.27. The van der Waals surface area contributed by atoms with Crippen molar-refractivity contribution in [2.24, 2.45) is 0 Å². The van der Waals surface area contributed by atoms with Crippen LogP contribution in [0.25, 0.3) is 22.3 Å². The molecule has 7 heteroatoms. The number of benzene rings is 2. The molecule has 0 saturated carbocycles. The second kappa shape index (κ2) is 8.05. The fourth-order valence-corrected chi connectivity index (χ4v) is 3.93. The van der Waals surface area contributed by atoms with Crippen LogP contribution in [0.4, 0.5) is 5.95 Å². The van der Waals surface area contributed by atoms with Crippen LogP contribution in [0.2, 0.25) is 5.02 Å². The third kappa shape index (κ3) is 4.45. The van der Waals surface area contributed by atoms with Crippen LogP contribution in [-0.4, -0.2) is 20.5 Å². The number of anilines is 1. The highest BCUT2D eigenvalue weighted by Gasteiger charge is 2.14. The molecule has 30 heavy (non-hydrogen) atoms. The molecule has 5 nitrogen and oxygen atoms in total. The minimum Gasteiger partial charge on any atom is -0.290 e. The van der Waals surface area contributed by atoms with E-state index in [-0.39, 0.29) is 17.3 Å². The van der Waals surface area contributed by atoms with Crippen molar-refractivity contribution in [3.05, 3.63) is 76.1 Å². The van der Waals surface area contributed by atoms with Gasteiger partial charge in [-0.2, -0.15) is 4.98 Å². The van der Waals surface area contributed by atoms with E-state index in [0.29, 0.717) is 9.98 Å². The van der Waals surface area contributed by atoms with Gasteiger partial charge in [-0.1, -0.05) is 68.8 Å². The molecule has 0 fully saturated rings. The Labute approximate surface area is 184 Å². The van der Waals surface area contributed by atoms with E-state index in [2.05, 4.69) is 48.3 Å². The van der Waals surface area contributed by atoms with E-state index in [4.69, 9.17) is 11.6 Å². The van der Waals surface area contributed by atoms with Crippen molar-refractivity contribution < 1.29 is 4.79 Å². The normalized spacial score (nSPS) is 12.0. The van der Waals surface area contributed by atoms with Gasteiger partial charge in [-0.3, -0.25) is 10.1 Å². The number of nitrogens with zero attached hydrogens (tertiary/aromatic N) is 3. The van der Waals surface area contributed by atoms with Gasteiger partial charge in [-0.25, -0.2) is 4.52 Å². The molecule has 4 aromatic rings. The Morgan fingerprint density at radius 2 is 1.80 bits per heavy atom. The molecule has 152 valence electrons. The lowest BCUT2D eigenvalue weighted by Crippen LogP contribution is -2.10. The molecule has 0 spiro atoms. The first kappa shape index (κ1) is 20.3. The van der Waals surface area contributed by atoms with Crippen LogP contribution in [0.3, 0.4) is 0 Å². The molecule has 0 aliphatic rings. The zero-order valence-electron chi connectivity index (χ0n) is 16.9. The van der Waals surface area contributed by atoms with Crippen molar-refractivity contribution in [3.63, 3.8) is 0 Å². The van der Waals surface area contributed by atoms with E-state index in [1.54, 1.807) is 10.6 Å². The summed E-state index contributed by atoms with van der Waals surface area (Å²) >= 11 is 7.43. The fraction of sp³-hybridized carbons (Fsp3) is 0.174. The van der Waals surface area contributed by atoms with Crippen LogP contribution in [0.15, 0.2) is 60.0 Å². The van der Waals surface area contributed by atoms with E-state index in [1.165, 1.54) is 23.0 Å². The molecule has 4 rings (SSSR count). The van der Waals surface area contributed by atoms with Crippen molar-refractivity contribution in [1.82, 2.24) is 14.6 Å². The Morgan fingerprint density at radius 1 is 1.10 bits per heavy atom. The number of thiazole rings is 1. The number of fused-ring (bicyclic) bond motifs is 1. The molecule has 0 unspecified atom stereocenters. The predicted molar refractivity (Wildman–Crippen MR) is 124 cm³/mol. The van der Waals surface area contributed by atoms with Crippen molar-refractivity contribution in [2.75, 3.05) is 5.32 Å². The Balaban J connectivity index is 1.47. The summed E-state index contributed by atoms with van der Waals surface area (Å²) in [5.41, 5.74) is 4.19. The number of rotatable bonds is 4. The van der Waals surface area contributed by atoms with E-state index >= 15 is 0 Å². The first-order valence-electron chi connectivity index (χ1n) is 9.49. The lowest BCUT2D eigenvalue weighted by atomic mass is 9.87. The van der Waals surface area contributed by atoms with Gasteiger partial charge in [0.2, 0.25) is 4.96 Å². The third-order valence-corrected chi connectivity index (χ3v) is 5.73. The largest absolute Gasteiger partial charge is 0.290 e. The maximum atomic E-state index is 12.3. The first-order chi connectivity index (χ1) is 14.3. The summed E-state index contributed by atoms with van der Waals surface area (Å²) in [4.78, 5) is 17.4. The van der Waals surface area contributed by atoms with Gasteiger partial charge in [0.25, 0.3) is 11.9 Å². The third-order valence-electron chi connectivity index (χ3n) is 4.66. The Kier molecular flexibility index (Phi) is 5.45. The SMILES string of the molecule is CC(C)(C)c1ccc(/C=C/C(=O)Nc2nc3scc(-c4ccc(Cl)cc4)n3n2)cc1. The van der Waals surface area contributed by atoms with Gasteiger partial charge < -0.3 is 0 Å². The summed E-state index contributed by atoms with van der Waals surface area (Å²) < 4.78 is 1.72. The molecular weight excluding hydrogens is 416 g/mol. The number of nitrogens with one attached hydrogen (secondary N) is 1. The molecule has 0 bridgehead atoms. The standard InChI is InChI=1S/C23H21ClN4OS/c1-23(2,3)17-9-4-15(5-10-17)6-13-20(29)25-21-26-22-28(27-21)19(14-30-22)16-7-11-18(24)12-8-16/h4-14H,1-3H3,(H,25,27,29)/b13-6+. The van der Waals surface area contributed by atoms with Gasteiger partial charge in [0.15, 0.2) is 0 Å². The Bertz CT molecular complexity index is 1220. The average molecular weight is 437 g/mol. The van der Waals surface area contributed by atoms with E-state index in [1.807, 2.05) is 41.8 Å². The lowest BCUT2D eigenvalue weighted by Gasteiger charge is -2.18. The summed E-state index contributed by atoms with van der Waals surface area (Å²) in [6, 6.07) is 15.7. The molecule has 0 radical (unpaired) electrons. The van der Waals surface area contributed by atoms with Crippen molar-refractivity contribution in [3.8, 4) is 11.3 Å². The monoisotopic (exact) mass is 436 g/mol. The molecule has 0 atom stereocenters. The zero-order chi connectivity index (χ0) is 21.3. The van der Waals surface area contributed by atoms with Crippen LogP contribution < -0.4 is 5.32 Å². The van der Waals surface area contributed by atoms with Crippen molar-refractivity contribution >= 4 is 45.8 Å². The van der Waals surface area contributed by atoms with Gasteiger partial charge in [0.1, 0.15) is 0 Å². The fourth-order valence-electron chi connectivity index (χ4n) is 2.97. The Hall–Kier alpha value is -2.96. The van der Waals surface area contributed by atoms with E-state index in [9.17, 15) is 4.79 Å². The number of carbonyl (C=O) groups is 1. The zero-order valence-corrected chi connectivity index (χ0v) is 18.5. The van der Waals surface area contributed by atoms with E-state index < -0.39 is 0 Å². The summed E-state index contributed by atoms with van der Waals surface area (Å²) in [5.74, 6) is -0.00371. The molecule has 0 aliphatic heterocycles. The van der Waals surface area contributed by atoms with Gasteiger partial charge >= 0.3 is 0 Å². The second-order valence-electron chi connectivity index (χ2n) is 7.95. The maximum Gasteiger partial charge on any atom is 0.250 e. The molecule has 2 aromatic carbocycles. The molecule has 2 aromatic heterocycles. The van der Waals surface area contributed by atoms with Crippen molar-refractivity contribution in [1.29, 1.82) is 0 Å². The highest BCUT2D eigenvalue weighted by molar-refractivity contribution is 7.15. The number of aromatic nitrogens is 3. The minimum absolute atomic E-state index is 0.101. The van der Waals surface area contributed by atoms with Crippen LogP contribution >= 0.6 is 22.9 Å². The topological polar surface area (TPSA) is 59.3 Å². The van der Waals surface area contributed by atoms with Crippen LogP contribution in [0, 0.1) is 0 Å². The Morgan fingerprint density at radius 3 is 2.47 bits per heavy atom. The second-order valence-corrected chi connectivity index (χ2v) is 9.23. The first-order valence-corrected chi connectivity index (χ1v) is 10.8. The number of amides is 1. The number of carbonyl (C=O) groups excluding carboxylic acids is 1. The van der Waals surface area contributed by atoms with Gasteiger partial charge in [-0.05, 0) is 34.8 Å². The van der Waals surface area contributed by atoms with Gasteiger partial charge in [0.05, 0.1) is 5.69 Å². The predicted octanol–water partition coefficient (Wildman–Crippen LogP) is 6.06. The smallest absolute Gasteiger partial charge is 0.250 e. The van der Waals surface area contributed by atoms with Crippen LogP contribution in [0.1, 0.15) is 31.9 Å². The lowest BCUT2D eigenvalue weighted by molar-refractivity contribution is -0.111. The molecular formula is C23H21ClN4OS. The van der Waals surface area contributed by atoms with Crippen molar-refractivity contribution in [2.45, 2.75) is 26.2 Å². The molecule has 2 heterocycles. The number of hydrogen-bond donors (Lipinski definition) is 1. The molecule has 1 N–H and O–H groups in total. The quantitative estimate of drug-likeness (QED) is 0.395. The van der Waals surface area contributed by atoms with E-state index in [0.717, 1.165) is 16.8 Å². The van der Waals surface area contributed by atoms with Gasteiger partial charge in [0, 0.05) is 22.0 Å². The molecule has 1 amide bonds. The maximum absolute atomic E-state index is 12.3. The molecule has 0 aliphatic carbocycles. The number of halogens is 1. The highest BCUT2D eigenvalue weighted by Crippen LogP contribution is 2.27. The molecule has 0 saturated heterocycles.